The van der Waals surface area contributed by atoms with Crippen molar-refractivity contribution in [3.8, 4) is 34.6 Å². The van der Waals surface area contributed by atoms with E-state index in [2.05, 4.69) is 49.9 Å². The van der Waals surface area contributed by atoms with Gasteiger partial charge in [-0.05, 0) is 126 Å². The van der Waals surface area contributed by atoms with Crippen molar-refractivity contribution in [1.82, 2.24) is 33.8 Å². The van der Waals surface area contributed by atoms with Crippen LogP contribution in [-0.4, -0.2) is 134 Å². The quantitative estimate of drug-likeness (QED) is 0.0335. The zero-order chi connectivity index (χ0) is 50.3. The number of likely N-dealkylation sites (tertiary alicyclic amines) is 1. The van der Waals surface area contributed by atoms with E-state index in [4.69, 9.17) is 23.5 Å². The fourth-order valence-electron chi connectivity index (χ4n) is 8.10. The van der Waals surface area contributed by atoms with Crippen LogP contribution in [0.3, 0.4) is 0 Å². The van der Waals surface area contributed by atoms with Crippen LogP contribution in [-0.2, 0) is 27.4 Å². The molecule has 0 atom stereocenters. The molecular formula is C51H60F3N9O7S. The summed E-state index contributed by atoms with van der Waals surface area (Å²) < 4.78 is 74.1. The minimum absolute atomic E-state index is 0.170. The minimum Gasteiger partial charge on any atom is -0.495 e. The summed E-state index contributed by atoms with van der Waals surface area (Å²) in [5, 5.41) is 14.3. The van der Waals surface area contributed by atoms with E-state index >= 15 is 0 Å². The van der Waals surface area contributed by atoms with E-state index in [1.165, 1.54) is 22.6 Å². The fourth-order valence-corrected chi connectivity index (χ4v) is 8.92. The average Bonchev–Trinajstić information content (AvgIpc) is 3.87. The van der Waals surface area contributed by atoms with E-state index < -0.39 is 12.7 Å². The summed E-state index contributed by atoms with van der Waals surface area (Å²) >= 11 is 1.52. The van der Waals surface area contributed by atoms with Crippen molar-refractivity contribution < 1.29 is 41.4 Å². The number of nitrogens with zero attached hydrogens (tertiary/aromatic N) is 6. The van der Waals surface area contributed by atoms with Gasteiger partial charge in [0.15, 0.2) is 6.61 Å². The van der Waals surface area contributed by atoms with Gasteiger partial charge in [-0.25, -0.2) is 9.29 Å². The van der Waals surface area contributed by atoms with E-state index in [0.29, 0.717) is 67.9 Å². The number of hydrogen-bond acceptors (Lipinski definition) is 14. The van der Waals surface area contributed by atoms with E-state index in [9.17, 15) is 22.8 Å². The number of carbonyl (C=O) groups excluding carboxylic acids is 1. The normalized spacial score (nSPS) is 13.3. The standard InChI is InChI=1S/C51H60F3N9O7S/c1-35-50(36(2)70-59-35)38-11-14-49(65)62(32-38)31-37-15-19-57-48(28-37)69-33-47(64)56-20-24-67-26-27-68-25-23-61(4)71-41-12-13-44(46(30-41)66-5)55-18-7-8-40-29-42-43(58-39-16-21-60(3)22-17-39)9-6-10-45(42)63(40)34-51(52,53)54/h6,9-15,19,28-30,32,39,55,58H,16-18,20-27,31,33-34H2,1-5H3,(H,56,64). The molecular weight excluding hydrogens is 940 g/mol. The predicted octanol–water partition coefficient (Wildman–Crippen LogP) is 7.23. The number of alkyl halides is 3. The Morgan fingerprint density at radius 1 is 1.00 bits per heavy atom. The zero-order valence-corrected chi connectivity index (χ0v) is 41.4. The van der Waals surface area contributed by atoms with Crippen molar-refractivity contribution in [2.45, 2.75) is 56.9 Å². The van der Waals surface area contributed by atoms with Crippen molar-refractivity contribution in [2.24, 2.45) is 0 Å². The van der Waals surface area contributed by atoms with Gasteiger partial charge in [-0.1, -0.05) is 17.1 Å². The topological polar surface area (TPSA) is 162 Å². The lowest BCUT2D eigenvalue weighted by molar-refractivity contribution is -0.140. The number of ether oxygens (including phenoxy) is 4. The third-order valence-corrected chi connectivity index (χ3v) is 12.6. The Hall–Kier alpha value is -6.50. The molecule has 1 amide bonds. The summed E-state index contributed by atoms with van der Waals surface area (Å²) in [6, 6.07) is 19.9. The van der Waals surface area contributed by atoms with E-state index in [1.54, 1.807) is 60.5 Å². The molecule has 0 bridgehead atoms. The summed E-state index contributed by atoms with van der Waals surface area (Å²) in [6.45, 7) is 7.13. The Kier molecular flexibility index (Phi) is 18.5. The summed E-state index contributed by atoms with van der Waals surface area (Å²) in [7, 11) is 5.62. The van der Waals surface area contributed by atoms with E-state index in [-0.39, 0.29) is 43.1 Å². The molecule has 20 heteroatoms. The smallest absolute Gasteiger partial charge is 0.406 e. The second-order valence-corrected chi connectivity index (χ2v) is 18.4. The number of hydrogen-bond donors (Lipinski definition) is 3. The molecule has 5 heterocycles. The van der Waals surface area contributed by atoms with Crippen molar-refractivity contribution >= 4 is 40.1 Å². The third-order valence-electron chi connectivity index (χ3n) is 11.7. The maximum Gasteiger partial charge on any atom is 0.406 e. The van der Waals surface area contributed by atoms with Crippen LogP contribution >= 0.6 is 11.9 Å². The number of carbonyl (C=O) groups is 1. The Balaban J connectivity index is 0.776. The molecule has 0 aliphatic carbocycles. The molecule has 4 aromatic heterocycles. The van der Waals surface area contributed by atoms with Crippen molar-refractivity contribution in [2.75, 3.05) is 97.6 Å². The SMILES string of the molecule is COc1cc(SN(C)CCOCCOCCNC(=O)COc2cc(Cn3cc(-c4c(C)noc4C)ccc3=O)ccn2)ccc1NCC#Cc1cc2c(NC3CCN(C)CC3)cccc2n1CC(F)(F)F. The van der Waals surface area contributed by atoms with Crippen LogP contribution < -0.4 is 31.0 Å². The number of piperidine rings is 1. The first-order chi connectivity index (χ1) is 34.2. The Morgan fingerprint density at radius 3 is 2.56 bits per heavy atom. The van der Waals surface area contributed by atoms with Gasteiger partial charge in [0.2, 0.25) is 5.88 Å². The highest BCUT2D eigenvalue weighted by Gasteiger charge is 2.30. The molecule has 0 saturated carbocycles. The lowest BCUT2D eigenvalue weighted by Gasteiger charge is -2.30. The maximum atomic E-state index is 13.8. The largest absolute Gasteiger partial charge is 0.495 e. The molecule has 0 unspecified atom stereocenters. The number of anilines is 2. The van der Waals surface area contributed by atoms with Gasteiger partial charge in [-0.3, -0.25) is 9.59 Å². The molecule has 1 saturated heterocycles. The van der Waals surface area contributed by atoms with Crippen LogP contribution in [0.15, 0.2) is 93.3 Å². The highest BCUT2D eigenvalue weighted by molar-refractivity contribution is 7.97. The molecule has 1 aliphatic rings. The number of methoxy groups -OCH3 is 1. The van der Waals surface area contributed by atoms with Crippen LogP contribution in [0.2, 0.25) is 0 Å². The zero-order valence-electron chi connectivity index (χ0n) is 40.6. The maximum absolute atomic E-state index is 13.8. The van der Waals surface area contributed by atoms with Gasteiger partial charge in [-0.2, -0.15) is 13.2 Å². The highest BCUT2D eigenvalue weighted by Crippen LogP contribution is 2.33. The van der Waals surface area contributed by atoms with Gasteiger partial charge in [0.25, 0.3) is 11.5 Å². The molecule has 0 spiro atoms. The van der Waals surface area contributed by atoms with Crippen molar-refractivity contribution in [3.05, 3.63) is 112 Å². The van der Waals surface area contributed by atoms with Gasteiger partial charge in [-0.15, -0.1) is 0 Å². The average molecular weight is 1000 g/mol. The number of benzene rings is 2. The van der Waals surface area contributed by atoms with E-state index in [0.717, 1.165) is 64.3 Å². The second-order valence-electron chi connectivity index (χ2n) is 17.1. The first-order valence-corrected chi connectivity index (χ1v) is 24.1. The van der Waals surface area contributed by atoms with Crippen molar-refractivity contribution in [3.63, 3.8) is 0 Å². The summed E-state index contributed by atoms with van der Waals surface area (Å²) in [6.07, 6.45) is 0.841. The molecule has 16 nitrogen and oxygen atoms in total. The number of likely N-dealkylation sites (N-methyl/N-ethyl adjacent to an activating group) is 1. The molecule has 6 aromatic rings. The molecule has 71 heavy (non-hydrogen) atoms. The molecule has 7 rings (SSSR count). The molecule has 0 radical (unpaired) electrons. The number of pyridine rings is 2. The molecule has 2 aromatic carbocycles. The molecule has 378 valence electrons. The first-order valence-electron chi connectivity index (χ1n) is 23.3. The number of fused-ring (bicyclic) bond motifs is 1. The van der Waals surface area contributed by atoms with Crippen LogP contribution in [0.4, 0.5) is 24.5 Å². The van der Waals surface area contributed by atoms with Gasteiger partial charge < -0.3 is 53.5 Å². The number of aryl methyl sites for hydroxylation is 2. The molecule has 3 N–H and O–H groups in total. The van der Waals surface area contributed by atoms with Crippen LogP contribution in [0.25, 0.3) is 22.0 Å². The predicted molar refractivity (Wildman–Crippen MR) is 268 cm³/mol. The highest BCUT2D eigenvalue weighted by atomic mass is 32.2. The lowest BCUT2D eigenvalue weighted by atomic mass is 10.0. The fraction of sp³-hybridized carbons (Fsp3) is 0.412. The van der Waals surface area contributed by atoms with Gasteiger partial charge in [0.05, 0.1) is 69.2 Å². The van der Waals surface area contributed by atoms with Gasteiger partial charge in [0.1, 0.15) is 18.1 Å². The lowest BCUT2D eigenvalue weighted by Crippen LogP contribution is -2.36. The first kappa shape index (κ1) is 52.3. The van der Waals surface area contributed by atoms with Gasteiger partial charge >= 0.3 is 6.18 Å². The number of aromatic nitrogens is 4. The summed E-state index contributed by atoms with van der Waals surface area (Å²) in [4.78, 5) is 32.5. The molecule has 1 fully saturated rings. The second kappa shape index (κ2) is 25.1. The van der Waals surface area contributed by atoms with Crippen LogP contribution in [0.5, 0.6) is 11.6 Å². The number of rotatable bonds is 23. The Labute approximate surface area is 415 Å². The summed E-state index contributed by atoms with van der Waals surface area (Å²) in [5.74, 6) is 7.21. The number of amides is 1. The van der Waals surface area contributed by atoms with Crippen LogP contribution in [0, 0.1) is 25.7 Å². The number of halogens is 3. The molecule has 1 aliphatic heterocycles. The summed E-state index contributed by atoms with van der Waals surface area (Å²) in [5.41, 5.74) is 5.32. The Morgan fingerprint density at radius 2 is 1.80 bits per heavy atom. The Bertz CT molecular complexity index is 2830. The van der Waals surface area contributed by atoms with E-state index in [1.807, 2.05) is 49.5 Å². The third kappa shape index (κ3) is 15.2. The van der Waals surface area contributed by atoms with Gasteiger partial charge in [0, 0.05) is 70.8 Å². The van der Waals surface area contributed by atoms with Crippen LogP contribution in [0.1, 0.15) is 35.6 Å². The van der Waals surface area contributed by atoms with Crippen molar-refractivity contribution in [1.29, 1.82) is 0 Å². The minimum atomic E-state index is -4.41. The number of nitrogens with one attached hydrogen (secondary N) is 3. The monoisotopic (exact) mass is 999 g/mol.